The van der Waals surface area contributed by atoms with Crippen molar-refractivity contribution < 1.29 is 14.3 Å². The molecule has 0 spiro atoms. The van der Waals surface area contributed by atoms with Gasteiger partial charge in [-0.25, -0.2) is 0 Å². The summed E-state index contributed by atoms with van der Waals surface area (Å²) in [7, 11) is 0. The van der Waals surface area contributed by atoms with Crippen LogP contribution in [-0.2, 0) is 14.3 Å². The van der Waals surface area contributed by atoms with Crippen LogP contribution >= 0.6 is 0 Å². The lowest BCUT2D eigenvalue weighted by atomic mass is 10.3. The van der Waals surface area contributed by atoms with Crippen molar-refractivity contribution in [3.8, 4) is 0 Å². The average molecular weight is 159 g/mol. The third-order valence-electron chi connectivity index (χ3n) is 1.10. The van der Waals surface area contributed by atoms with E-state index < -0.39 is 6.10 Å². The zero-order valence-electron chi connectivity index (χ0n) is 7.01. The molecule has 11 heavy (non-hydrogen) atoms. The Hall–Kier alpha value is -0.900. The van der Waals surface area contributed by atoms with E-state index in [0.717, 1.165) is 0 Å². The van der Waals surface area contributed by atoms with E-state index in [1.807, 2.05) is 13.8 Å². The number of morpholine rings is 1. The molecule has 0 bridgehead atoms. The molecule has 4 heteroatoms. The van der Waals surface area contributed by atoms with Crippen molar-refractivity contribution in [1.82, 2.24) is 5.32 Å². The molecule has 2 amide bonds. The number of carbonyl (C=O) groups excluding carboxylic acids is 2. The molecule has 1 rings (SSSR count). The van der Waals surface area contributed by atoms with Gasteiger partial charge in [-0.2, -0.15) is 0 Å². The minimum absolute atomic E-state index is 0.00704. The van der Waals surface area contributed by atoms with Crippen LogP contribution in [0.2, 0.25) is 0 Å². The molecule has 0 aliphatic carbocycles. The Morgan fingerprint density at radius 2 is 2.00 bits per heavy atom. The fraction of sp³-hybridized carbons (Fsp3) is 0.714. The molecule has 1 N–H and O–H groups in total. The van der Waals surface area contributed by atoms with Gasteiger partial charge in [0.25, 0.3) is 11.8 Å². The molecule has 1 atom stereocenters. The second-order valence-corrected chi connectivity index (χ2v) is 1.87. The highest BCUT2D eigenvalue weighted by molar-refractivity contribution is 5.99. The molecule has 0 saturated carbocycles. The second kappa shape index (κ2) is 4.85. The van der Waals surface area contributed by atoms with Crippen LogP contribution in [-0.4, -0.2) is 24.5 Å². The standard InChI is InChI=1S/C5H7NO3.C2H6/c1-3-5(8)6-4(7)2-9-3;1-2/h3H,2H2,1H3,(H,6,7,8);1-2H3. The van der Waals surface area contributed by atoms with E-state index in [1.54, 1.807) is 6.92 Å². The van der Waals surface area contributed by atoms with E-state index in [1.165, 1.54) is 0 Å². The van der Waals surface area contributed by atoms with E-state index >= 15 is 0 Å². The Labute approximate surface area is 65.9 Å². The topological polar surface area (TPSA) is 55.4 Å². The minimum Gasteiger partial charge on any atom is -0.359 e. The smallest absolute Gasteiger partial charge is 0.255 e. The average Bonchev–Trinajstić information content (AvgIpc) is 2.02. The lowest BCUT2D eigenvalue weighted by Crippen LogP contribution is -2.46. The Kier molecular flexibility index (Phi) is 4.45. The van der Waals surface area contributed by atoms with Gasteiger partial charge >= 0.3 is 0 Å². The zero-order chi connectivity index (χ0) is 8.85. The number of ether oxygens (including phenoxy) is 1. The van der Waals surface area contributed by atoms with Crippen LogP contribution in [0.4, 0.5) is 0 Å². The lowest BCUT2D eigenvalue weighted by molar-refractivity contribution is -0.148. The Morgan fingerprint density at radius 3 is 2.36 bits per heavy atom. The lowest BCUT2D eigenvalue weighted by Gasteiger charge is -2.16. The van der Waals surface area contributed by atoms with Crippen molar-refractivity contribution in [3.05, 3.63) is 0 Å². The van der Waals surface area contributed by atoms with E-state index in [4.69, 9.17) is 4.74 Å². The summed E-state index contributed by atoms with van der Waals surface area (Å²) in [5.74, 6) is -0.718. The number of hydrogen-bond acceptors (Lipinski definition) is 3. The maximum atomic E-state index is 10.5. The molecular weight excluding hydrogens is 146 g/mol. The van der Waals surface area contributed by atoms with E-state index in [2.05, 4.69) is 5.32 Å². The van der Waals surface area contributed by atoms with Crippen molar-refractivity contribution in [2.75, 3.05) is 6.61 Å². The summed E-state index contributed by atoms with van der Waals surface area (Å²) in [5, 5.41) is 2.13. The van der Waals surface area contributed by atoms with Gasteiger partial charge in [0.2, 0.25) is 0 Å². The van der Waals surface area contributed by atoms with Crippen LogP contribution in [0.1, 0.15) is 20.8 Å². The molecular formula is C7H13NO3. The molecule has 0 aromatic heterocycles. The monoisotopic (exact) mass is 159 g/mol. The van der Waals surface area contributed by atoms with Crippen LogP contribution in [0, 0.1) is 0 Å². The first-order valence-electron chi connectivity index (χ1n) is 3.65. The highest BCUT2D eigenvalue weighted by Crippen LogP contribution is 1.95. The first-order chi connectivity index (χ1) is 5.20. The molecule has 1 fully saturated rings. The van der Waals surface area contributed by atoms with Crippen LogP contribution < -0.4 is 5.32 Å². The zero-order valence-corrected chi connectivity index (χ0v) is 7.01. The molecule has 1 aliphatic rings. The predicted molar refractivity (Wildman–Crippen MR) is 39.9 cm³/mol. The Bertz CT molecular complexity index is 156. The SMILES string of the molecule is CC.CC1OCC(=O)NC1=O. The van der Waals surface area contributed by atoms with Gasteiger partial charge in [0, 0.05) is 0 Å². The summed E-state index contributed by atoms with van der Waals surface area (Å²) in [5.41, 5.74) is 0. The van der Waals surface area contributed by atoms with Gasteiger partial charge in [0.1, 0.15) is 12.7 Å². The quantitative estimate of drug-likeness (QED) is 0.509. The molecule has 4 nitrogen and oxygen atoms in total. The summed E-state index contributed by atoms with van der Waals surface area (Å²) < 4.78 is 4.74. The van der Waals surface area contributed by atoms with E-state index in [0.29, 0.717) is 0 Å². The number of imide groups is 1. The first kappa shape index (κ1) is 10.1. The summed E-state index contributed by atoms with van der Waals surface area (Å²) in [6, 6.07) is 0. The van der Waals surface area contributed by atoms with Crippen molar-refractivity contribution in [2.45, 2.75) is 26.9 Å². The van der Waals surface area contributed by atoms with Crippen LogP contribution in [0.25, 0.3) is 0 Å². The van der Waals surface area contributed by atoms with Crippen molar-refractivity contribution in [2.24, 2.45) is 0 Å². The van der Waals surface area contributed by atoms with Crippen molar-refractivity contribution in [3.63, 3.8) is 0 Å². The van der Waals surface area contributed by atoms with Gasteiger partial charge in [-0.05, 0) is 6.92 Å². The molecule has 1 heterocycles. The fourth-order valence-corrected chi connectivity index (χ4v) is 0.552. The summed E-state index contributed by atoms with van der Waals surface area (Å²) in [4.78, 5) is 20.9. The largest absolute Gasteiger partial charge is 0.359 e. The van der Waals surface area contributed by atoms with Gasteiger partial charge in [0.05, 0.1) is 0 Å². The predicted octanol–water partition coefficient (Wildman–Crippen LogP) is 0.0741. The molecule has 0 radical (unpaired) electrons. The second-order valence-electron chi connectivity index (χ2n) is 1.87. The van der Waals surface area contributed by atoms with Crippen LogP contribution in [0.5, 0.6) is 0 Å². The van der Waals surface area contributed by atoms with Gasteiger partial charge in [-0.3, -0.25) is 14.9 Å². The third kappa shape index (κ3) is 3.13. The molecule has 0 aromatic rings. The number of amides is 2. The molecule has 64 valence electrons. The number of hydrogen-bond donors (Lipinski definition) is 1. The highest BCUT2D eigenvalue weighted by atomic mass is 16.5. The van der Waals surface area contributed by atoms with Gasteiger partial charge in [-0.15, -0.1) is 0 Å². The minimum atomic E-state index is -0.484. The highest BCUT2D eigenvalue weighted by Gasteiger charge is 2.22. The summed E-state index contributed by atoms with van der Waals surface area (Å²) >= 11 is 0. The van der Waals surface area contributed by atoms with Crippen LogP contribution in [0.15, 0.2) is 0 Å². The van der Waals surface area contributed by atoms with Crippen molar-refractivity contribution >= 4 is 11.8 Å². The van der Waals surface area contributed by atoms with Crippen LogP contribution in [0.3, 0.4) is 0 Å². The fourth-order valence-electron chi connectivity index (χ4n) is 0.552. The van der Waals surface area contributed by atoms with E-state index in [-0.39, 0.29) is 18.4 Å². The van der Waals surface area contributed by atoms with Crippen molar-refractivity contribution in [1.29, 1.82) is 0 Å². The van der Waals surface area contributed by atoms with Gasteiger partial charge in [0.15, 0.2) is 0 Å². The molecule has 0 aromatic carbocycles. The summed E-state index contributed by atoms with van der Waals surface area (Å²) in [6.45, 7) is 5.59. The first-order valence-corrected chi connectivity index (χ1v) is 3.65. The Balaban J connectivity index is 0.000000461. The maximum absolute atomic E-state index is 10.5. The maximum Gasteiger partial charge on any atom is 0.255 e. The molecule has 1 unspecified atom stereocenters. The number of carbonyl (C=O) groups is 2. The van der Waals surface area contributed by atoms with E-state index in [9.17, 15) is 9.59 Å². The van der Waals surface area contributed by atoms with Gasteiger partial charge < -0.3 is 4.74 Å². The normalized spacial score (nSPS) is 23.4. The van der Waals surface area contributed by atoms with Gasteiger partial charge in [-0.1, -0.05) is 13.8 Å². The number of nitrogens with one attached hydrogen (secondary N) is 1. The third-order valence-corrected chi connectivity index (χ3v) is 1.10. The molecule has 1 aliphatic heterocycles. The molecule has 1 saturated heterocycles. The number of rotatable bonds is 0. The summed E-state index contributed by atoms with van der Waals surface area (Å²) in [6.07, 6.45) is -0.484. The Morgan fingerprint density at radius 1 is 1.45 bits per heavy atom.